The van der Waals surface area contributed by atoms with Crippen LogP contribution in [0, 0.1) is 18.8 Å². The minimum atomic E-state index is 0.901. The number of rotatable bonds is 2. The maximum absolute atomic E-state index is 4.32. The first-order valence-corrected chi connectivity index (χ1v) is 10.2. The molecule has 0 amide bonds. The molecule has 2 fully saturated rings. The maximum atomic E-state index is 4.32. The summed E-state index contributed by atoms with van der Waals surface area (Å²) in [6.45, 7) is 10.7. The van der Waals surface area contributed by atoms with Crippen LogP contribution in [0.1, 0.15) is 5.56 Å². The van der Waals surface area contributed by atoms with Crippen LogP contribution in [0.5, 0.6) is 0 Å². The number of H-pyrrole nitrogens is 1. The van der Waals surface area contributed by atoms with Gasteiger partial charge < -0.3 is 15.2 Å². The number of aromatic nitrogens is 4. The molecule has 0 saturated carbocycles. The third-order valence-electron chi connectivity index (χ3n) is 6.15. The predicted octanol–water partition coefficient (Wildman–Crippen LogP) is 3.47. The molecule has 0 bridgehead atoms. The third-order valence-corrected chi connectivity index (χ3v) is 6.15. The van der Waals surface area contributed by atoms with E-state index in [0.29, 0.717) is 0 Å². The van der Waals surface area contributed by atoms with E-state index in [1.165, 1.54) is 42.9 Å². The molecule has 2 N–H and O–H groups in total. The second kappa shape index (κ2) is 7.37. The second-order valence-electron chi connectivity index (χ2n) is 7.99. The largest absolute Gasteiger partial charge is 0.377 e. The van der Waals surface area contributed by atoms with Crippen LogP contribution >= 0.6 is 0 Å². The summed E-state index contributed by atoms with van der Waals surface area (Å²) >= 11 is 0. The van der Waals surface area contributed by atoms with E-state index in [1.807, 2.05) is 35.4 Å². The first kappa shape index (κ1) is 17.9. The predicted molar refractivity (Wildman–Crippen MR) is 117 cm³/mol. The van der Waals surface area contributed by atoms with Crippen molar-refractivity contribution in [1.29, 1.82) is 0 Å². The molecule has 6 heteroatoms. The Labute approximate surface area is 170 Å². The number of aryl methyl sites for hydroxylation is 1. The molecule has 6 rings (SSSR count). The van der Waals surface area contributed by atoms with Crippen LogP contribution in [0.2, 0.25) is 0 Å². The summed E-state index contributed by atoms with van der Waals surface area (Å²) < 4.78 is 1.89. The van der Waals surface area contributed by atoms with Gasteiger partial charge in [-0.15, -0.1) is 0 Å². The lowest BCUT2D eigenvalue weighted by Gasteiger charge is -2.11. The molecule has 29 heavy (non-hydrogen) atoms. The molecule has 4 aromatic rings. The summed E-state index contributed by atoms with van der Waals surface area (Å²) in [6.07, 6.45) is 9.66. The molecule has 4 aromatic heterocycles. The number of pyridine rings is 2. The number of nitrogens with one attached hydrogen (secondary N) is 2. The zero-order valence-electron chi connectivity index (χ0n) is 16.7. The van der Waals surface area contributed by atoms with Gasteiger partial charge in [-0.1, -0.05) is 6.58 Å². The first-order valence-electron chi connectivity index (χ1n) is 10.2. The Morgan fingerprint density at radius 2 is 2.03 bits per heavy atom. The van der Waals surface area contributed by atoms with Gasteiger partial charge in [0.05, 0.1) is 11.7 Å². The quantitative estimate of drug-likeness (QED) is 0.554. The van der Waals surface area contributed by atoms with Gasteiger partial charge in [0.25, 0.3) is 0 Å². The highest BCUT2D eigenvalue weighted by Crippen LogP contribution is 2.29. The lowest BCUT2D eigenvalue weighted by molar-refractivity contribution is 0.426. The van der Waals surface area contributed by atoms with Gasteiger partial charge in [-0.2, -0.15) is 5.10 Å². The van der Waals surface area contributed by atoms with Gasteiger partial charge in [0.2, 0.25) is 0 Å². The zero-order valence-corrected chi connectivity index (χ0v) is 16.7. The molecule has 6 nitrogen and oxygen atoms in total. The Kier molecular flexibility index (Phi) is 4.56. The molecule has 0 spiro atoms. The van der Waals surface area contributed by atoms with Crippen molar-refractivity contribution in [2.24, 2.45) is 11.8 Å². The summed E-state index contributed by atoms with van der Waals surface area (Å²) in [4.78, 5) is 9.86. The number of fused-ring (bicyclic) bond motifs is 3. The molecule has 0 radical (unpaired) electrons. The summed E-state index contributed by atoms with van der Waals surface area (Å²) in [7, 11) is 0. The lowest BCUT2D eigenvalue weighted by atomic mass is 10.0. The SMILES string of the molecule is C=CN1CC2CNCC2C1.Cc1cnn2ccc(-c3c[nH]c4ncccc34)cc12. The summed E-state index contributed by atoms with van der Waals surface area (Å²) in [5.41, 5.74) is 5.58. The van der Waals surface area contributed by atoms with Crippen LogP contribution in [0.15, 0.2) is 61.8 Å². The molecular weight excluding hydrogens is 360 g/mol. The van der Waals surface area contributed by atoms with E-state index >= 15 is 0 Å². The van der Waals surface area contributed by atoms with Crippen LogP contribution in [0.25, 0.3) is 27.7 Å². The van der Waals surface area contributed by atoms with E-state index in [9.17, 15) is 0 Å². The Morgan fingerprint density at radius 1 is 1.21 bits per heavy atom. The van der Waals surface area contributed by atoms with Crippen LogP contribution in [0.4, 0.5) is 0 Å². The topological polar surface area (TPSA) is 61.2 Å². The lowest BCUT2D eigenvalue weighted by Crippen LogP contribution is -2.20. The molecule has 0 aliphatic carbocycles. The highest BCUT2D eigenvalue weighted by Gasteiger charge is 2.34. The van der Waals surface area contributed by atoms with Gasteiger partial charge in [0.1, 0.15) is 5.65 Å². The van der Waals surface area contributed by atoms with Crippen LogP contribution in [0.3, 0.4) is 0 Å². The van der Waals surface area contributed by atoms with Gasteiger partial charge in [-0.05, 0) is 60.4 Å². The summed E-state index contributed by atoms with van der Waals surface area (Å²) in [5, 5.41) is 8.85. The molecule has 6 heterocycles. The van der Waals surface area contributed by atoms with Crippen molar-refractivity contribution in [3.05, 3.63) is 67.4 Å². The van der Waals surface area contributed by atoms with Gasteiger partial charge in [0, 0.05) is 55.7 Å². The van der Waals surface area contributed by atoms with Crippen molar-refractivity contribution in [2.75, 3.05) is 26.2 Å². The third kappa shape index (κ3) is 3.29. The van der Waals surface area contributed by atoms with Crippen molar-refractivity contribution in [3.63, 3.8) is 0 Å². The number of likely N-dealkylation sites (tertiary alicyclic amines) is 1. The standard InChI is InChI=1S/C15H12N4.C8H14N2/c1-10-8-18-19-6-4-11(7-14(10)19)13-9-17-15-12(13)3-2-5-16-15;1-2-10-5-7-3-9-4-8(7)6-10/h2-9H,1H3,(H,16,17);2,7-9H,1,3-6H2. The minimum Gasteiger partial charge on any atom is -0.377 e. The Hall–Kier alpha value is -3.12. The smallest absolute Gasteiger partial charge is 0.137 e. The van der Waals surface area contributed by atoms with Crippen LogP contribution < -0.4 is 5.32 Å². The molecule has 2 unspecified atom stereocenters. The Morgan fingerprint density at radius 3 is 2.83 bits per heavy atom. The normalized spacial score (nSPS) is 20.7. The average Bonchev–Trinajstić information content (AvgIpc) is 3.51. The van der Waals surface area contributed by atoms with Gasteiger partial charge in [0.15, 0.2) is 0 Å². The summed E-state index contributed by atoms with van der Waals surface area (Å²) in [6, 6.07) is 8.29. The van der Waals surface area contributed by atoms with E-state index in [-0.39, 0.29) is 0 Å². The summed E-state index contributed by atoms with van der Waals surface area (Å²) in [5.74, 6) is 1.80. The Balaban J connectivity index is 0.000000153. The molecule has 0 aromatic carbocycles. The maximum Gasteiger partial charge on any atom is 0.137 e. The van der Waals surface area contributed by atoms with E-state index < -0.39 is 0 Å². The molecular formula is C23H26N6. The molecule has 2 aliphatic rings. The number of hydrogen-bond acceptors (Lipinski definition) is 4. The minimum absolute atomic E-state index is 0.901. The van der Waals surface area contributed by atoms with Crippen molar-refractivity contribution >= 4 is 16.6 Å². The molecule has 2 saturated heterocycles. The number of nitrogens with zero attached hydrogens (tertiary/aromatic N) is 4. The van der Waals surface area contributed by atoms with Crippen LogP contribution in [-0.4, -0.2) is 50.7 Å². The average molecular weight is 387 g/mol. The molecule has 2 atom stereocenters. The van der Waals surface area contributed by atoms with Gasteiger partial charge in [-0.3, -0.25) is 0 Å². The van der Waals surface area contributed by atoms with E-state index in [1.54, 1.807) is 6.20 Å². The fourth-order valence-electron chi connectivity index (χ4n) is 4.51. The van der Waals surface area contributed by atoms with E-state index in [0.717, 1.165) is 28.4 Å². The highest BCUT2D eigenvalue weighted by molar-refractivity contribution is 5.94. The Bertz CT molecular complexity index is 1140. The van der Waals surface area contributed by atoms with Crippen molar-refractivity contribution < 1.29 is 0 Å². The van der Waals surface area contributed by atoms with Crippen LogP contribution in [-0.2, 0) is 0 Å². The molecule has 148 valence electrons. The molecule has 2 aliphatic heterocycles. The zero-order chi connectivity index (χ0) is 19.8. The number of aromatic amines is 1. The van der Waals surface area contributed by atoms with Crippen molar-refractivity contribution in [1.82, 2.24) is 29.8 Å². The van der Waals surface area contributed by atoms with Crippen molar-refractivity contribution in [3.8, 4) is 11.1 Å². The van der Waals surface area contributed by atoms with Crippen molar-refractivity contribution in [2.45, 2.75) is 6.92 Å². The highest BCUT2D eigenvalue weighted by atomic mass is 15.2. The van der Waals surface area contributed by atoms with Gasteiger partial charge >= 0.3 is 0 Å². The fourth-order valence-corrected chi connectivity index (χ4v) is 4.51. The first-order chi connectivity index (χ1) is 14.2. The van der Waals surface area contributed by atoms with Gasteiger partial charge in [-0.25, -0.2) is 9.50 Å². The second-order valence-corrected chi connectivity index (χ2v) is 7.99. The number of hydrogen-bond donors (Lipinski definition) is 2. The monoisotopic (exact) mass is 386 g/mol. The fraction of sp³-hybridized carbons (Fsp3) is 0.304. The van der Waals surface area contributed by atoms with E-state index in [4.69, 9.17) is 0 Å². The van der Waals surface area contributed by atoms with E-state index in [2.05, 4.69) is 57.0 Å².